The van der Waals surface area contributed by atoms with Crippen LogP contribution in [0.4, 0.5) is 0 Å². The van der Waals surface area contributed by atoms with Crippen molar-refractivity contribution in [2.24, 2.45) is 0 Å². The number of rotatable bonds is 6. The summed E-state index contributed by atoms with van der Waals surface area (Å²) in [5.41, 5.74) is 39.5. The summed E-state index contributed by atoms with van der Waals surface area (Å²) in [6, 6.07) is 94.4. The van der Waals surface area contributed by atoms with E-state index < -0.39 is 32.5 Å². The highest BCUT2D eigenvalue weighted by atomic mass is 14.5. The molecule has 0 aromatic heterocycles. The molecule has 19 rings (SSSR count). The third kappa shape index (κ3) is 8.76. The lowest BCUT2D eigenvalue weighted by atomic mass is 9.71. The Morgan fingerprint density at radius 2 is 0.269 bits per heavy atom. The van der Waals surface area contributed by atoms with Crippen molar-refractivity contribution in [1.29, 1.82) is 31.6 Å². The molecule has 0 unspecified atom stereocenters. The number of fused-ring (bicyclic) bond motifs is 18. The molecule has 0 atom stereocenters. The smallest absolute Gasteiger partial charge is 0.0991 e. The van der Waals surface area contributed by atoms with E-state index in [1.54, 1.807) is 0 Å². The Morgan fingerprint density at radius 1 is 0.157 bits per heavy atom. The zero-order valence-corrected chi connectivity index (χ0v) is 62.5. The molecule has 0 spiro atoms. The van der Waals surface area contributed by atoms with Crippen LogP contribution in [0.1, 0.15) is 183 Å². The molecule has 0 bridgehead atoms. The molecule has 6 heteroatoms. The van der Waals surface area contributed by atoms with Crippen molar-refractivity contribution in [2.45, 2.75) is 116 Å². The minimum atomic E-state index is -0.544. The molecule has 0 saturated carbocycles. The van der Waals surface area contributed by atoms with Gasteiger partial charge in [-0.3, -0.25) is 0 Å². The van der Waals surface area contributed by atoms with Crippen molar-refractivity contribution in [3.8, 4) is 170 Å². The number of benzene rings is 13. The fourth-order valence-electron chi connectivity index (χ4n) is 20.3. The first-order chi connectivity index (χ1) is 51.8. The Bertz CT molecular complexity index is 5630. The molecule has 13 aromatic rings. The molecular formula is C102H72N6. The molecule has 0 amide bonds. The van der Waals surface area contributed by atoms with Crippen LogP contribution in [0.2, 0.25) is 0 Å². The minimum absolute atomic E-state index is 0.544. The summed E-state index contributed by atoms with van der Waals surface area (Å²) in [4.78, 5) is 0. The summed E-state index contributed by atoms with van der Waals surface area (Å²) in [5, 5.41) is 63.1. The lowest BCUT2D eigenvalue weighted by molar-refractivity contribution is 0.660. The molecule has 13 aromatic carbocycles. The van der Waals surface area contributed by atoms with Crippen molar-refractivity contribution in [2.75, 3.05) is 0 Å². The van der Waals surface area contributed by atoms with Crippen LogP contribution in [0.15, 0.2) is 218 Å². The molecule has 6 aliphatic rings. The van der Waals surface area contributed by atoms with Crippen molar-refractivity contribution in [3.05, 3.63) is 319 Å². The van der Waals surface area contributed by atoms with Crippen molar-refractivity contribution in [3.63, 3.8) is 0 Å². The van der Waals surface area contributed by atoms with Gasteiger partial charge >= 0.3 is 0 Å². The highest BCUT2D eigenvalue weighted by Crippen LogP contribution is 2.64. The average molecular weight is 1380 g/mol. The molecule has 6 aliphatic carbocycles. The predicted molar refractivity (Wildman–Crippen MR) is 433 cm³/mol. The maximum atomic E-state index is 10.5. The highest BCUT2D eigenvalue weighted by Gasteiger charge is 2.45. The fourth-order valence-corrected chi connectivity index (χ4v) is 20.3. The van der Waals surface area contributed by atoms with E-state index in [9.17, 15) is 31.6 Å². The van der Waals surface area contributed by atoms with Gasteiger partial charge in [0.2, 0.25) is 0 Å². The van der Waals surface area contributed by atoms with Crippen LogP contribution in [-0.2, 0) is 32.5 Å². The predicted octanol–water partition coefficient (Wildman–Crippen LogP) is 24.8. The van der Waals surface area contributed by atoms with Gasteiger partial charge in [-0.05, 0) is 309 Å². The molecule has 0 aliphatic heterocycles. The fraction of sp³-hybridized carbons (Fsp3) is 0.176. The normalized spacial score (nSPS) is 15.6. The first-order valence-corrected chi connectivity index (χ1v) is 37.2. The first-order valence-electron chi connectivity index (χ1n) is 37.2. The van der Waals surface area contributed by atoms with E-state index in [1.807, 2.05) is 36.4 Å². The van der Waals surface area contributed by atoms with Crippen LogP contribution in [-0.4, -0.2) is 0 Å². The molecule has 0 saturated heterocycles. The molecule has 6 nitrogen and oxygen atoms in total. The van der Waals surface area contributed by atoms with Gasteiger partial charge in [0.05, 0.1) is 69.8 Å². The van der Waals surface area contributed by atoms with Gasteiger partial charge in [0, 0.05) is 32.5 Å². The van der Waals surface area contributed by atoms with Crippen LogP contribution in [0.5, 0.6) is 0 Å². The molecule has 0 fully saturated rings. The third-order valence-electron chi connectivity index (χ3n) is 26.1. The van der Waals surface area contributed by atoms with Gasteiger partial charge in [0.15, 0.2) is 0 Å². The summed E-state index contributed by atoms with van der Waals surface area (Å²) < 4.78 is 0. The van der Waals surface area contributed by atoms with E-state index in [2.05, 4.69) is 301 Å². The van der Waals surface area contributed by atoms with E-state index in [1.165, 1.54) is 0 Å². The largest absolute Gasteiger partial charge is 0.192 e. The second kappa shape index (κ2) is 22.2. The summed E-state index contributed by atoms with van der Waals surface area (Å²) in [6.07, 6.45) is 0. The van der Waals surface area contributed by atoms with Gasteiger partial charge in [0.25, 0.3) is 0 Å². The van der Waals surface area contributed by atoms with E-state index >= 15 is 0 Å². The summed E-state index contributed by atoms with van der Waals surface area (Å²) in [7, 11) is 0. The van der Waals surface area contributed by atoms with E-state index in [4.69, 9.17) is 0 Å². The van der Waals surface area contributed by atoms with Crippen molar-refractivity contribution in [1.82, 2.24) is 0 Å². The molecule has 108 heavy (non-hydrogen) atoms. The van der Waals surface area contributed by atoms with Gasteiger partial charge in [-0.15, -0.1) is 0 Å². The Balaban J connectivity index is 1.04. The Morgan fingerprint density at radius 3 is 0.389 bits per heavy atom. The second-order valence-electron chi connectivity index (χ2n) is 33.8. The maximum absolute atomic E-state index is 10.5. The summed E-state index contributed by atoms with van der Waals surface area (Å²) in [6.45, 7) is 27.5. The molecule has 0 N–H and O–H groups in total. The lowest BCUT2D eigenvalue weighted by Gasteiger charge is -2.32. The molecular weight excluding hydrogens is 1310 g/mol. The Labute approximate surface area is 631 Å². The van der Waals surface area contributed by atoms with E-state index in [0.29, 0.717) is 33.4 Å². The number of hydrogen-bond acceptors (Lipinski definition) is 6. The van der Waals surface area contributed by atoms with Crippen LogP contribution >= 0.6 is 0 Å². The summed E-state index contributed by atoms with van der Waals surface area (Å²) in [5.74, 6) is 0. The molecule has 0 radical (unpaired) electrons. The number of nitrogens with zero attached hydrogens (tertiary/aromatic N) is 6. The summed E-state index contributed by atoms with van der Waals surface area (Å²) >= 11 is 0. The first kappa shape index (κ1) is 65.6. The Hall–Kier alpha value is -13.2. The van der Waals surface area contributed by atoms with Crippen LogP contribution in [0.3, 0.4) is 0 Å². The Kier molecular flexibility index (Phi) is 13.5. The van der Waals surface area contributed by atoms with E-state index in [0.717, 1.165) is 200 Å². The van der Waals surface area contributed by atoms with Crippen LogP contribution in [0.25, 0.3) is 134 Å². The van der Waals surface area contributed by atoms with Gasteiger partial charge in [0.1, 0.15) is 0 Å². The maximum Gasteiger partial charge on any atom is 0.0991 e. The van der Waals surface area contributed by atoms with Gasteiger partial charge in [-0.25, -0.2) is 0 Å². The highest BCUT2D eigenvalue weighted by molar-refractivity contribution is 6.17. The molecule has 0 heterocycles. The van der Waals surface area contributed by atoms with Crippen molar-refractivity contribution >= 4 is 0 Å². The monoisotopic (exact) mass is 1380 g/mol. The molecule has 510 valence electrons. The zero-order chi connectivity index (χ0) is 74.9. The average Bonchev–Trinajstić information content (AvgIpc) is 1.13. The van der Waals surface area contributed by atoms with Gasteiger partial charge in [-0.1, -0.05) is 192 Å². The van der Waals surface area contributed by atoms with Gasteiger partial charge < -0.3 is 0 Å². The van der Waals surface area contributed by atoms with Crippen LogP contribution in [0, 0.1) is 68.0 Å². The minimum Gasteiger partial charge on any atom is -0.192 e. The standard InChI is InChI=1S/C102H72N6/c1-97(2)79-37-55(49-103)13-25-67(79)73-31-19-61(43-85(73)97)91-92(62-20-32-74-68-26-14-56(50-104)38-80(68)98(3,4)86(74)44-62)94(64-22-34-76-70-28-16-58(52-106)40-82(70)100(7,8)88(76)46-64)96(66-24-36-78-72-30-18-60(54-108)42-84(72)102(11,12)90(78)48-66)95(65-23-35-77-71-29-17-59(53-107)41-83(71)101(9,10)89(77)47-65)93(91)63-21-33-75-69-27-15-57(51-105)39-81(69)99(5,6)87(75)45-63/h13-48H,1-12H3. The SMILES string of the molecule is CC1(C)c2cc(C#N)ccc2-c2ccc(-c3c(-c4ccc5c(c4)C(C)(C)c4cc(C#N)ccc4-5)c(-c4ccc5c(c4)C(C)(C)c4cc(C#N)ccc4-5)c(-c4ccc5c(c4)C(C)(C)c4cc(C#N)ccc4-5)c(-c4ccc5c(c4)C(C)(C)c4cc(C#N)ccc4-5)c3-c3ccc4c(c3)C(C)(C)c3cc(C#N)ccc3-4)cc21. The van der Waals surface area contributed by atoms with Crippen molar-refractivity contribution < 1.29 is 0 Å². The third-order valence-corrected chi connectivity index (χ3v) is 26.1. The second-order valence-corrected chi connectivity index (χ2v) is 33.8. The number of hydrogen-bond donors (Lipinski definition) is 0. The van der Waals surface area contributed by atoms with E-state index in [-0.39, 0.29) is 0 Å². The number of nitriles is 6. The topological polar surface area (TPSA) is 143 Å². The zero-order valence-electron chi connectivity index (χ0n) is 62.5. The lowest BCUT2D eigenvalue weighted by Crippen LogP contribution is -2.16. The van der Waals surface area contributed by atoms with Crippen LogP contribution < -0.4 is 0 Å². The quantitative estimate of drug-likeness (QED) is 0.162. The van der Waals surface area contributed by atoms with Gasteiger partial charge in [-0.2, -0.15) is 31.6 Å².